The summed E-state index contributed by atoms with van der Waals surface area (Å²) in [5.41, 5.74) is -0.000721. The van der Waals surface area contributed by atoms with Crippen LogP contribution < -0.4 is 0 Å². The molecule has 0 amide bonds. The zero-order valence-electron chi connectivity index (χ0n) is 15.4. The molecular formula is C17H31Cl2NOSiTi-2. The van der Waals surface area contributed by atoms with E-state index in [2.05, 4.69) is 65.1 Å². The topological polar surface area (TPSA) is 23.3 Å². The van der Waals surface area contributed by atoms with Crippen molar-refractivity contribution in [1.29, 1.82) is 0 Å². The number of hydrogen-bond acceptors (Lipinski definition) is 1. The first-order valence-electron chi connectivity index (χ1n) is 7.83. The molecule has 1 saturated carbocycles. The fraction of sp³-hybridized carbons (Fsp3) is 0.706. The van der Waals surface area contributed by atoms with Crippen LogP contribution in [0.15, 0.2) is 24.3 Å². The predicted octanol–water partition coefficient (Wildman–Crippen LogP) is 6.47. The first-order valence-corrected chi connectivity index (χ1v) is 15.0. The second-order valence-electron chi connectivity index (χ2n) is 7.61. The van der Waals surface area contributed by atoms with Crippen molar-refractivity contribution in [3.63, 3.8) is 0 Å². The Kier molecular flexibility index (Phi) is 10.6. The molecule has 134 valence electrons. The van der Waals surface area contributed by atoms with E-state index in [1.165, 1.54) is 6.42 Å². The van der Waals surface area contributed by atoms with Gasteiger partial charge in [-0.3, -0.25) is 0 Å². The fourth-order valence-electron chi connectivity index (χ4n) is 3.56. The van der Waals surface area contributed by atoms with E-state index in [0.29, 0.717) is 23.9 Å². The van der Waals surface area contributed by atoms with Crippen molar-refractivity contribution in [3.8, 4) is 0 Å². The zero-order valence-corrected chi connectivity index (χ0v) is 19.5. The number of hydrogen-bond donors (Lipinski definition) is 0. The van der Waals surface area contributed by atoms with Gasteiger partial charge in [0.15, 0.2) is 0 Å². The van der Waals surface area contributed by atoms with Crippen molar-refractivity contribution in [3.05, 3.63) is 36.7 Å². The molecule has 0 aromatic rings. The molecule has 4 atom stereocenters. The van der Waals surface area contributed by atoms with Crippen LogP contribution in [0, 0.1) is 25.2 Å². The van der Waals surface area contributed by atoms with Crippen molar-refractivity contribution >= 4 is 27.1 Å². The van der Waals surface area contributed by atoms with Gasteiger partial charge in [-0.05, 0) is 18.3 Å². The third kappa shape index (κ3) is 8.22. The van der Waals surface area contributed by atoms with Crippen molar-refractivity contribution < 1.29 is 21.5 Å². The third-order valence-corrected chi connectivity index (χ3v) is 5.97. The molecule has 23 heavy (non-hydrogen) atoms. The zero-order chi connectivity index (χ0) is 17.0. The van der Waals surface area contributed by atoms with E-state index in [9.17, 15) is 0 Å². The fourth-order valence-corrected chi connectivity index (χ4v) is 6.29. The molecule has 6 heteroatoms. The Balaban J connectivity index is 0.00000112. The standard InChI is InChI=1S/C16H28NOSi.CH3.2ClH.Ti/c1-12-11-13-9-7-8-10-14(13)15(12)18-19(5,6)17-16(2,3)4;;;;/h7-10,12-15H,11H2,1-6H3;1H3;2*1H;/q2*-1;;;+2/p-2/t12-,13?,14?,15-;;;;/m1..../s1. The van der Waals surface area contributed by atoms with E-state index in [4.69, 9.17) is 28.0 Å². The first-order chi connectivity index (χ1) is 10.1. The second kappa shape index (κ2) is 10.2. The number of fused-ring (bicyclic) bond motifs is 1. The Labute approximate surface area is 161 Å². The summed E-state index contributed by atoms with van der Waals surface area (Å²) in [4.78, 5) is 4.95. The van der Waals surface area contributed by atoms with Gasteiger partial charge in [0, 0.05) is 5.92 Å². The third-order valence-electron chi connectivity index (χ3n) is 3.91. The summed E-state index contributed by atoms with van der Waals surface area (Å²) in [5, 5.41) is 0. The van der Waals surface area contributed by atoms with Gasteiger partial charge >= 0.3 is 35.6 Å². The van der Waals surface area contributed by atoms with Crippen LogP contribution in [0.5, 0.6) is 0 Å². The molecule has 0 aromatic carbocycles. The van der Waals surface area contributed by atoms with Crippen molar-refractivity contribution in [2.75, 3.05) is 0 Å². The molecule has 0 aliphatic heterocycles. The van der Waals surface area contributed by atoms with Crippen molar-refractivity contribution in [2.45, 2.75) is 58.9 Å². The van der Waals surface area contributed by atoms with Crippen LogP contribution in [-0.4, -0.2) is 20.1 Å². The van der Waals surface area contributed by atoms with Crippen LogP contribution in [0.25, 0.3) is 4.98 Å². The average Bonchev–Trinajstić information content (AvgIpc) is 2.64. The molecule has 2 rings (SSSR count). The van der Waals surface area contributed by atoms with Crippen molar-refractivity contribution in [1.82, 2.24) is 0 Å². The molecule has 0 aromatic heterocycles. The van der Waals surface area contributed by atoms with Gasteiger partial charge in [0.25, 0.3) is 0 Å². The number of nitrogens with zero attached hydrogens (tertiary/aromatic N) is 1. The molecule has 0 bridgehead atoms. The van der Waals surface area contributed by atoms with E-state index in [1.54, 1.807) is 0 Å². The minimum absolute atomic E-state index is 0. The van der Waals surface area contributed by atoms with Gasteiger partial charge in [0.1, 0.15) is 0 Å². The Bertz CT molecular complexity index is 410. The second-order valence-corrected chi connectivity index (χ2v) is 13.5. The molecule has 1 fully saturated rings. The molecule has 2 unspecified atom stereocenters. The van der Waals surface area contributed by atoms with Gasteiger partial charge in [-0.1, -0.05) is 65.1 Å². The van der Waals surface area contributed by atoms with Gasteiger partial charge in [-0.25, -0.2) is 0 Å². The Morgan fingerprint density at radius 3 is 2.22 bits per heavy atom. The van der Waals surface area contributed by atoms with E-state index < -0.39 is 25.5 Å². The average molecular weight is 412 g/mol. The minimum atomic E-state index is -1.95. The molecule has 2 aliphatic carbocycles. The van der Waals surface area contributed by atoms with Crippen LogP contribution in [0.2, 0.25) is 13.1 Å². The van der Waals surface area contributed by atoms with Gasteiger partial charge in [-0.15, -0.1) is 5.54 Å². The van der Waals surface area contributed by atoms with Crippen LogP contribution in [0.4, 0.5) is 0 Å². The van der Waals surface area contributed by atoms with E-state index in [0.717, 1.165) is 0 Å². The Hall–Kier alpha value is 0.911. The maximum atomic E-state index is 6.54. The van der Waals surface area contributed by atoms with Crippen molar-refractivity contribution in [2.24, 2.45) is 17.8 Å². The SMILES string of the molecule is C[C@@H]1CC2C=CC=CC2[C@@H]1O[Si](C)(C)[N-]C(C)(C)C.[CH3-].[Cl][Ti][Cl]. The summed E-state index contributed by atoms with van der Waals surface area (Å²) in [6.45, 7) is 13.3. The van der Waals surface area contributed by atoms with E-state index in [1.807, 2.05) is 0 Å². The van der Waals surface area contributed by atoms with Crippen LogP contribution in [-0.2, 0) is 21.5 Å². The summed E-state index contributed by atoms with van der Waals surface area (Å²) < 4.78 is 6.54. The molecule has 0 heterocycles. The molecular weight excluding hydrogens is 381 g/mol. The predicted molar refractivity (Wildman–Crippen MR) is 103 cm³/mol. The van der Waals surface area contributed by atoms with E-state index >= 15 is 0 Å². The van der Waals surface area contributed by atoms with E-state index in [-0.39, 0.29) is 13.0 Å². The molecule has 0 N–H and O–H groups in total. The number of halogens is 2. The first kappa shape index (κ1) is 23.9. The Morgan fingerprint density at radius 2 is 1.70 bits per heavy atom. The van der Waals surface area contributed by atoms with Gasteiger partial charge in [0.2, 0.25) is 0 Å². The molecule has 0 saturated heterocycles. The van der Waals surface area contributed by atoms with Crippen LogP contribution in [0.1, 0.15) is 34.1 Å². The van der Waals surface area contributed by atoms with Crippen LogP contribution in [0.3, 0.4) is 0 Å². The molecule has 2 nitrogen and oxygen atoms in total. The summed E-state index contributed by atoms with van der Waals surface area (Å²) in [5.74, 6) is 1.86. The molecule has 0 radical (unpaired) electrons. The number of allylic oxidation sites excluding steroid dienone is 3. The normalized spacial score (nSPS) is 29.2. The summed E-state index contributed by atoms with van der Waals surface area (Å²) in [6.07, 6.45) is 10.6. The quantitative estimate of drug-likeness (QED) is 0.385. The van der Waals surface area contributed by atoms with Crippen LogP contribution >= 0.6 is 18.6 Å². The van der Waals surface area contributed by atoms with Gasteiger partial charge in [-0.2, -0.15) is 0 Å². The van der Waals surface area contributed by atoms with Gasteiger partial charge in [0.05, 0.1) is 14.6 Å². The summed E-state index contributed by atoms with van der Waals surface area (Å²) in [6, 6.07) is 0. The number of rotatable bonds is 3. The Morgan fingerprint density at radius 1 is 1.17 bits per heavy atom. The maximum absolute atomic E-state index is 6.54. The summed E-state index contributed by atoms with van der Waals surface area (Å²) in [7, 11) is 7.82. The molecule has 2 aliphatic rings. The summed E-state index contributed by atoms with van der Waals surface area (Å²) >= 11 is -0.556. The van der Waals surface area contributed by atoms with Gasteiger partial charge < -0.3 is 16.8 Å². The molecule has 0 spiro atoms. The monoisotopic (exact) mass is 411 g/mol.